The van der Waals surface area contributed by atoms with E-state index in [1.807, 2.05) is 12.1 Å². The Morgan fingerprint density at radius 2 is 1.93 bits per heavy atom. The average molecular weight is 391 g/mol. The van der Waals surface area contributed by atoms with E-state index >= 15 is 0 Å². The molecular formula is C21H27ClN2O3. The monoisotopic (exact) mass is 390 g/mol. The molecule has 0 spiro atoms. The topological polar surface area (TPSA) is 63.4 Å². The molecule has 5 nitrogen and oxygen atoms in total. The van der Waals surface area contributed by atoms with Gasteiger partial charge in [-0.15, -0.1) is 0 Å². The van der Waals surface area contributed by atoms with E-state index in [4.69, 9.17) is 21.1 Å². The molecule has 2 aliphatic rings. The molecule has 1 aromatic carbocycles. The third-order valence-electron chi connectivity index (χ3n) is 5.83. The number of pyridine rings is 1. The predicted octanol–water partition coefficient (Wildman–Crippen LogP) is 3.89. The molecular weight excluding hydrogens is 364 g/mol. The first-order chi connectivity index (χ1) is 13.2. The van der Waals surface area contributed by atoms with Crippen molar-refractivity contribution in [2.24, 2.45) is 5.92 Å². The van der Waals surface area contributed by atoms with E-state index in [-0.39, 0.29) is 11.7 Å². The highest BCUT2D eigenvalue weighted by Crippen LogP contribution is 2.32. The number of benzene rings is 1. The lowest BCUT2D eigenvalue weighted by atomic mass is 9.92. The molecule has 2 fully saturated rings. The zero-order valence-corrected chi connectivity index (χ0v) is 16.3. The third-order valence-corrected chi connectivity index (χ3v) is 6.13. The fourth-order valence-corrected chi connectivity index (χ4v) is 4.34. The average Bonchev–Trinajstić information content (AvgIpc) is 2.70. The molecule has 0 bridgehead atoms. The number of fused-ring (bicyclic) bond motifs is 1. The van der Waals surface area contributed by atoms with Crippen molar-refractivity contribution < 1.29 is 9.47 Å². The molecule has 2 N–H and O–H groups in total. The molecule has 0 amide bonds. The number of ether oxygens (including phenoxy) is 2. The minimum Gasteiger partial charge on any atom is -0.489 e. The summed E-state index contributed by atoms with van der Waals surface area (Å²) in [5, 5.41) is 5.69. The molecule has 2 aromatic rings. The van der Waals surface area contributed by atoms with Gasteiger partial charge in [-0.25, -0.2) is 0 Å². The van der Waals surface area contributed by atoms with Gasteiger partial charge in [-0.1, -0.05) is 11.6 Å². The smallest absolute Gasteiger partial charge is 0.255 e. The second kappa shape index (κ2) is 8.63. The number of hydrogen-bond donors (Lipinski definition) is 2. The zero-order valence-electron chi connectivity index (χ0n) is 15.5. The molecule has 1 aromatic heterocycles. The summed E-state index contributed by atoms with van der Waals surface area (Å²) in [6.07, 6.45) is 8.48. The van der Waals surface area contributed by atoms with Crippen LogP contribution in [0.1, 0.15) is 38.5 Å². The van der Waals surface area contributed by atoms with Crippen LogP contribution in [0.25, 0.3) is 10.8 Å². The highest BCUT2D eigenvalue weighted by atomic mass is 35.5. The van der Waals surface area contributed by atoms with Gasteiger partial charge in [0.25, 0.3) is 5.56 Å². The minimum atomic E-state index is -0.128. The first-order valence-electron chi connectivity index (χ1n) is 9.98. The van der Waals surface area contributed by atoms with Crippen LogP contribution in [0.3, 0.4) is 0 Å². The predicted molar refractivity (Wildman–Crippen MR) is 108 cm³/mol. The van der Waals surface area contributed by atoms with E-state index in [2.05, 4.69) is 10.3 Å². The number of aromatic nitrogens is 1. The van der Waals surface area contributed by atoms with Gasteiger partial charge < -0.3 is 19.8 Å². The van der Waals surface area contributed by atoms with E-state index < -0.39 is 0 Å². The van der Waals surface area contributed by atoms with Crippen molar-refractivity contribution >= 4 is 22.4 Å². The van der Waals surface area contributed by atoms with Crippen LogP contribution < -0.4 is 15.6 Å². The van der Waals surface area contributed by atoms with Gasteiger partial charge in [-0.3, -0.25) is 4.79 Å². The van der Waals surface area contributed by atoms with Gasteiger partial charge in [0.05, 0.1) is 11.1 Å². The van der Waals surface area contributed by atoms with Gasteiger partial charge in [-0.2, -0.15) is 0 Å². The van der Waals surface area contributed by atoms with Crippen LogP contribution in [0.2, 0.25) is 5.02 Å². The molecule has 2 heterocycles. The normalized spacial score (nSPS) is 24.2. The van der Waals surface area contributed by atoms with E-state index in [0.717, 1.165) is 56.7 Å². The van der Waals surface area contributed by atoms with Crippen molar-refractivity contribution in [1.82, 2.24) is 10.3 Å². The molecule has 146 valence electrons. The quantitative estimate of drug-likeness (QED) is 0.813. The fraction of sp³-hybridized carbons (Fsp3) is 0.571. The lowest BCUT2D eigenvalue weighted by molar-refractivity contribution is 0.0639. The van der Waals surface area contributed by atoms with Crippen molar-refractivity contribution in [2.75, 3.05) is 19.8 Å². The summed E-state index contributed by atoms with van der Waals surface area (Å²) in [5.74, 6) is 1.43. The van der Waals surface area contributed by atoms with Crippen LogP contribution in [0, 0.1) is 5.92 Å². The summed E-state index contributed by atoms with van der Waals surface area (Å²) in [6.45, 7) is 2.92. The summed E-state index contributed by atoms with van der Waals surface area (Å²) in [7, 11) is 0. The van der Waals surface area contributed by atoms with Crippen molar-refractivity contribution in [3.8, 4) is 5.75 Å². The van der Waals surface area contributed by atoms with Crippen LogP contribution in [-0.4, -0.2) is 36.9 Å². The maximum atomic E-state index is 11.9. The largest absolute Gasteiger partial charge is 0.489 e. The SMILES string of the molecule is O=c1[nH]ccc2cc(O[C@H]3CC[C@@H](NCC4CCOCC4)CC3)c(Cl)cc12. The number of H-pyrrole nitrogens is 1. The summed E-state index contributed by atoms with van der Waals surface area (Å²) < 4.78 is 11.6. The van der Waals surface area contributed by atoms with Crippen LogP contribution in [0.5, 0.6) is 5.75 Å². The Balaban J connectivity index is 1.30. The maximum absolute atomic E-state index is 11.9. The second-order valence-electron chi connectivity index (χ2n) is 7.73. The van der Waals surface area contributed by atoms with Crippen molar-refractivity contribution in [3.63, 3.8) is 0 Å². The number of hydrogen-bond acceptors (Lipinski definition) is 4. The van der Waals surface area contributed by atoms with Gasteiger partial charge in [0.15, 0.2) is 0 Å². The lowest BCUT2D eigenvalue weighted by Gasteiger charge is -2.31. The number of aromatic amines is 1. The molecule has 1 aliphatic carbocycles. The first kappa shape index (κ1) is 18.8. The van der Waals surface area contributed by atoms with E-state index in [1.165, 1.54) is 12.8 Å². The van der Waals surface area contributed by atoms with Gasteiger partial charge in [0, 0.05) is 30.8 Å². The molecule has 1 saturated carbocycles. The summed E-state index contributed by atoms with van der Waals surface area (Å²) >= 11 is 6.36. The molecule has 6 heteroatoms. The number of rotatable bonds is 5. The lowest BCUT2D eigenvalue weighted by Crippen LogP contribution is -2.39. The van der Waals surface area contributed by atoms with Crippen molar-refractivity contribution in [1.29, 1.82) is 0 Å². The minimum absolute atomic E-state index is 0.128. The molecule has 1 saturated heterocycles. The zero-order chi connectivity index (χ0) is 18.6. The Hall–Kier alpha value is -1.56. The Kier molecular flexibility index (Phi) is 6.01. The highest BCUT2D eigenvalue weighted by Gasteiger charge is 2.24. The van der Waals surface area contributed by atoms with Crippen molar-refractivity contribution in [3.05, 3.63) is 39.8 Å². The number of nitrogens with one attached hydrogen (secondary N) is 2. The first-order valence-corrected chi connectivity index (χ1v) is 10.4. The highest BCUT2D eigenvalue weighted by molar-refractivity contribution is 6.32. The van der Waals surface area contributed by atoms with Gasteiger partial charge in [-0.05, 0) is 74.6 Å². The Morgan fingerprint density at radius 1 is 1.15 bits per heavy atom. The van der Waals surface area contributed by atoms with Crippen LogP contribution >= 0.6 is 11.6 Å². The summed E-state index contributed by atoms with van der Waals surface area (Å²) in [6, 6.07) is 6.03. The molecule has 4 rings (SSSR count). The van der Waals surface area contributed by atoms with Gasteiger partial charge >= 0.3 is 0 Å². The van der Waals surface area contributed by atoms with Gasteiger partial charge in [0.2, 0.25) is 0 Å². The third kappa shape index (κ3) is 4.65. The standard InChI is InChI=1S/C21H27ClN2O3/c22-19-12-18-15(5-8-23-21(18)25)11-20(19)27-17-3-1-16(2-4-17)24-13-14-6-9-26-10-7-14/h5,8,11-12,14,16-17,24H,1-4,6-7,9-10,13H2,(H,23,25)/t16-,17+. The van der Waals surface area contributed by atoms with Crippen LogP contribution in [0.4, 0.5) is 0 Å². The number of halogens is 1. The van der Waals surface area contributed by atoms with E-state index in [1.54, 1.807) is 12.3 Å². The molecule has 0 radical (unpaired) electrons. The van der Waals surface area contributed by atoms with E-state index in [0.29, 0.717) is 22.2 Å². The Bertz CT molecular complexity index is 824. The van der Waals surface area contributed by atoms with Gasteiger partial charge in [0.1, 0.15) is 5.75 Å². The maximum Gasteiger partial charge on any atom is 0.255 e. The molecule has 0 unspecified atom stereocenters. The molecule has 0 atom stereocenters. The summed E-state index contributed by atoms with van der Waals surface area (Å²) in [4.78, 5) is 14.5. The van der Waals surface area contributed by atoms with E-state index in [9.17, 15) is 4.79 Å². The molecule has 1 aliphatic heterocycles. The second-order valence-corrected chi connectivity index (χ2v) is 8.14. The molecule has 27 heavy (non-hydrogen) atoms. The Labute approximate surface area is 164 Å². The summed E-state index contributed by atoms with van der Waals surface area (Å²) in [5.41, 5.74) is -0.128. The Morgan fingerprint density at radius 3 is 2.70 bits per heavy atom. The van der Waals surface area contributed by atoms with Crippen LogP contribution in [0.15, 0.2) is 29.2 Å². The van der Waals surface area contributed by atoms with Crippen LogP contribution in [-0.2, 0) is 4.74 Å². The fourth-order valence-electron chi connectivity index (χ4n) is 4.13. The van der Waals surface area contributed by atoms with Crippen molar-refractivity contribution in [2.45, 2.75) is 50.7 Å².